The lowest BCUT2D eigenvalue weighted by atomic mass is 10.0. The number of anilines is 2. The van der Waals surface area contributed by atoms with Crippen molar-refractivity contribution in [1.29, 1.82) is 0 Å². The Kier molecular flexibility index (Phi) is 5.73. The van der Waals surface area contributed by atoms with Gasteiger partial charge in [-0.1, -0.05) is 18.2 Å². The molecule has 0 heterocycles. The van der Waals surface area contributed by atoms with E-state index in [1.54, 1.807) is 32.0 Å². The molecule has 6 heteroatoms. The molecule has 6 nitrogen and oxygen atoms in total. The molecule has 0 aromatic heterocycles. The van der Waals surface area contributed by atoms with Crippen LogP contribution >= 0.6 is 0 Å². The maximum Gasteiger partial charge on any atom is 0.337 e. The van der Waals surface area contributed by atoms with E-state index in [0.29, 0.717) is 11.4 Å². The molecule has 0 saturated carbocycles. The number of benzene rings is 2. The summed E-state index contributed by atoms with van der Waals surface area (Å²) >= 11 is 0. The Hall–Kier alpha value is -3.02. The molecule has 0 amide bonds. The van der Waals surface area contributed by atoms with Crippen molar-refractivity contribution in [2.45, 2.75) is 20.8 Å². The Morgan fingerprint density at radius 3 is 1.83 bits per heavy atom. The van der Waals surface area contributed by atoms with Gasteiger partial charge < -0.3 is 21.7 Å². The average molecular weight is 316 g/mol. The second-order valence-corrected chi connectivity index (χ2v) is 5.19. The first-order valence-electron chi connectivity index (χ1n) is 6.83. The summed E-state index contributed by atoms with van der Waals surface area (Å²) in [4.78, 5) is 21.1. The topological polar surface area (TPSA) is 127 Å². The Balaban J connectivity index is 0.000000231. The molecule has 0 saturated heterocycles. The summed E-state index contributed by atoms with van der Waals surface area (Å²) < 4.78 is 0. The van der Waals surface area contributed by atoms with Crippen LogP contribution in [0.3, 0.4) is 0 Å². The SMILES string of the molecule is Cc1cc(C)c(N)c(C(=O)O)c1.Cc1cccc(C(=O)O)c1N. The summed E-state index contributed by atoms with van der Waals surface area (Å²) in [6.45, 7) is 5.43. The molecule has 2 rings (SSSR count). The van der Waals surface area contributed by atoms with E-state index < -0.39 is 11.9 Å². The van der Waals surface area contributed by atoms with Gasteiger partial charge in [0.2, 0.25) is 0 Å². The Morgan fingerprint density at radius 1 is 0.826 bits per heavy atom. The number of carboxylic acid groups (broad SMARTS) is 2. The Bertz CT molecular complexity index is 754. The normalized spacial score (nSPS) is 9.70. The van der Waals surface area contributed by atoms with Gasteiger partial charge in [0.25, 0.3) is 0 Å². The number of rotatable bonds is 2. The van der Waals surface area contributed by atoms with Crippen molar-refractivity contribution in [1.82, 2.24) is 0 Å². The highest BCUT2D eigenvalue weighted by Gasteiger charge is 2.09. The van der Waals surface area contributed by atoms with Gasteiger partial charge in [0.15, 0.2) is 0 Å². The molecule has 0 aliphatic carbocycles. The van der Waals surface area contributed by atoms with Crippen molar-refractivity contribution in [3.05, 3.63) is 58.1 Å². The lowest BCUT2D eigenvalue weighted by Crippen LogP contribution is -2.04. The van der Waals surface area contributed by atoms with E-state index >= 15 is 0 Å². The van der Waals surface area contributed by atoms with E-state index in [1.165, 1.54) is 6.07 Å². The van der Waals surface area contributed by atoms with E-state index in [0.717, 1.165) is 16.7 Å². The zero-order valence-corrected chi connectivity index (χ0v) is 13.3. The van der Waals surface area contributed by atoms with E-state index in [2.05, 4.69) is 0 Å². The van der Waals surface area contributed by atoms with Crippen LogP contribution in [-0.4, -0.2) is 22.2 Å². The lowest BCUT2D eigenvalue weighted by molar-refractivity contribution is 0.0687. The van der Waals surface area contributed by atoms with Gasteiger partial charge >= 0.3 is 11.9 Å². The number of nitrogens with two attached hydrogens (primary N) is 2. The molecule has 122 valence electrons. The molecule has 2 aromatic rings. The molecule has 2 aromatic carbocycles. The van der Waals surface area contributed by atoms with Crippen LogP contribution in [-0.2, 0) is 0 Å². The Labute approximate surface area is 134 Å². The minimum absolute atomic E-state index is 0.171. The van der Waals surface area contributed by atoms with Gasteiger partial charge in [-0.15, -0.1) is 0 Å². The molecule has 0 fully saturated rings. The quantitative estimate of drug-likeness (QED) is 0.631. The zero-order chi connectivity index (χ0) is 17.7. The lowest BCUT2D eigenvalue weighted by Gasteiger charge is -2.05. The maximum absolute atomic E-state index is 10.6. The average Bonchev–Trinajstić information content (AvgIpc) is 2.46. The molecule has 0 bridgehead atoms. The van der Waals surface area contributed by atoms with Crippen LogP contribution in [0.15, 0.2) is 30.3 Å². The highest BCUT2D eigenvalue weighted by Crippen LogP contribution is 2.19. The number of aromatic carboxylic acids is 2. The molecule has 0 unspecified atom stereocenters. The number of aryl methyl sites for hydroxylation is 3. The van der Waals surface area contributed by atoms with E-state index in [4.69, 9.17) is 21.7 Å². The predicted molar refractivity (Wildman–Crippen MR) is 89.8 cm³/mol. The first kappa shape index (κ1) is 18.0. The summed E-state index contributed by atoms with van der Waals surface area (Å²) in [7, 11) is 0. The fourth-order valence-corrected chi connectivity index (χ4v) is 2.02. The standard InChI is InChI=1S/C9H11NO2.C8H9NO2/c1-5-3-6(2)8(10)7(4-5)9(11)12;1-5-3-2-4-6(7(5)9)8(10)11/h3-4H,10H2,1-2H3,(H,11,12);2-4H,9H2,1H3,(H,10,11). The van der Waals surface area contributed by atoms with Crippen molar-refractivity contribution >= 4 is 23.3 Å². The number of carboxylic acids is 2. The molecule has 0 aliphatic heterocycles. The molecule has 0 radical (unpaired) electrons. The van der Waals surface area contributed by atoms with Crippen LogP contribution in [0.25, 0.3) is 0 Å². The molecule has 6 N–H and O–H groups in total. The number of nitrogen functional groups attached to an aromatic ring is 2. The van der Waals surface area contributed by atoms with E-state index in [1.807, 2.05) is 13.0 Å². The van der Waals surface area contributed by atoms with E-state index in [-0.39, 0.29) is 11.1 Å². The second-order valence-electron chi connectivity index (χ2n) is 5.19. The summed E-state index contributed by atoms with van der Waals surface area (Å²) in [5.74, 6) is -1.95. The summed E-state index contributed by atoms with van der Waals surface area (Å²) in [6, 6.07) is 8.38. The third kappa shape index (κ3) is 4.47. The highest BCUT2D eigenvalue weighted by atomic mass is 16.4. The first-order chi connectivity index (χ1) is 10.6. The van der Waals surface area contributed by atoms with Gasteiger partial charge in [0.1, 0.15) is 0 Å². The monoisotopic (exact) mass is 316 g/mol. The molecule has 0 atom stereocenters. The minimum Gasteiger partial charge on any atom is -0.478 e. The van der Waals surface area contributed by atoms with Gasteiger partial charge in [0, 0.05) is 11.4 Å². The van der Waals surface area contributed by atoms with Gasteiger partial charge in [0.05, 0.1) is 11.1 Å². The summed E-state index contributed by atoms with van der Waals surface area (Å²) in [5, 5.41) is 17.3. The summed E-state index contributed by atoms with van der Waals surface area (Å²) in [5.41, 5.74) is 14.7. The molecular formula is C17H20N2O4. The van der Waals surface area contributed by atoms with Crippen molar-refractivity contribution in [2.75, 3.05) is 11.5 Å². The third-order valence-electron chi connectivity index (χ3n) is 3.32. The van der Waals surface area contributed by atoms with Crippen molar-refractivity contribution in [3.8, 4) is 0 Å². The van der Waals surface area contributed by atoms with Gasteiger partial charge in [-0.25, -0.2) is 9.59 Å². The minimum atomic E-state index is -0.980. The smallest absolute Gasteiger partial charge is 0.337 e. The molecular weight excluding hydrogens is 296 g/mol. The largest absolute Gasteiger partial charge is 0.478 e. The number of carbonyl (C=O) groups is 2. The fourth-order valence-electron chi connectivity index (χ4n) is 2.02. The van der Waals surface area contributed by atoms with Crippen LogP contribution in [0.4, 0.5) is 11.4 Å². The summed E-state index contributed by atoms with van der Waals surface area (Å²) in [6.07, 6.45) is 0. The second kappa shape index (κ2) is 7.31. The van der Waals surface area contributed by atoms with Crippen LogP contribution in [0.5, 0.6) is 0 Å². The maximum atomic E-state index is 10.6. The van der Waals surface area contributed by atoms with Gasteiger partial charge in [-0.3, -0.25) is 0 Å². The van der Waals surface area contributed by atoms with Crippen LogP contribution in [0.1, 0.15) is 37.4 Å². The number of para-hydroxylation sites is 1. The predicted octanol–water partition coefficient (Wildman–Crippen LogP) is 2.86. The molecule has 0 aliphatic rings. The first-order valence-corrected chi connectivity index (χ1v) is 6.83. The fraction of sp³-hybridized carbons (Fsp3) is 0.176. The van der Waals surface area contributed by atoms with Gasteiger partial charge in [-0.2, -0.15) is 0 Å². The van der Waals surface area contributed by atoms with Gasteiger partial charge in [-0.05, 0) is 49.6 Å². The Morgan fingerprint density at radius 2 is 1.35 bits per heavy atom. The molecule has 0 spiro atoms. The van der Waals surface area contributed by atoms with Crippen LogP contribution in [0, 0.1) is 20.8 Å². The van der Waals surface area contributed by atoms with E-state index in [9.17, 15) is 9.59 Å². The number of hydrogen-bond donors (Lipinski definition) is 4. The number of hydrogen-bond acceptors (Lipinski definition) is 4. The van der Waals surface area contributed by atoms with Crippen LogP contribution < -0.4 is 11.5 Å². The van der Waals surface area contributed by atoms with Crippen molar-refractivity contribution < 1.29 is 19.8 Å². The van der Waals surface area contributed by atoms with Crippen molar-refractivity contribution in [2.24, 2.45) is 0 Å². The molecule has 23 heavy (non-hydrogen) atoms. The zero-order valence-electron chi connectivity index (χ0n) is 13.3. The van der Waals surface area contributed by atoms with Crippen LogP contribution in [0.2, 0.25) is 0 Å². The highest BCUT2D eigenvalue weighted by molar-refractivity contribution is 5.95. The van der Waals surface area contributed by atoms with Crippen molar-refractivity contribution in [3.63, 3.8) is 0 Å². The third-order valence-corrected chi connectivity index (χ3v) is 3.32.